The van der Waals surface area contributed by atoms with Gasteiger partial charge in [-0.1, -0.05) is 19.1 Å². The third kappa shape index (κ3) is 3.00. The minimum absolute atomic E-state index is 0.0155. The highest BCUT2D eigenvalue weighted by molar-refractivity contribution is 5.62. The van der Waals surface area contributed by atoms with Crippen molar-refractivity contribution in [1.82, 2.24) is 30.4 Å². The van der Waals surface area contributed by atoms with Crippen LogP contribution in [0.25, 0.3) is 22.8 Å². The molecular formula is C25H22F2N6O. The van der Waals surface area contributed by atoms with Crippen molar-refractivity contribution in [3.8, 4) is 22.8 Å². The Morgan fingerprint density at radius 3 is 2.62 bits per heavy atom. The van der Waals surface area contributed by atoms with Crippen LogP contribution in [0.4, 0.5) is 8.78 Å². The highest BCUT2D eigenvalue weighted by Gasteiger charge is 2.59. The number of rotatable bonds is 5. The third-order valence-electron chi connectivity index (χ3n) is 7.38. The second kappa shape index (κ2) is 7.73. The summed E-state index contributed by atoms with van der Waals surface area (Å²) in [5.41, 5.74) is 2.91. The molecule has 2 bridgehead atoms. The van der Waals surface area contributed by atoms with Gasteiger partial charge < -0.3 is 5.11 Å². The molecule has 0 spiro atoms. The van der Waals surface area contributed by atoms with Crippen LogP contribution in [-0.2, 0) is 18.3 Å². The lowest BCUT2D eigenvalue weighted by Crippen LogP contribution is -2.56. The summed E-state index contributed by atoms with van der Waals surface area (Å²) < 4.78 is 28.7. The first kappa shape index (κ1) is 21.0. The standard InChI is InChI=1S/C25H22F2N6O/c1-13-15-10-14-11-19(22-16(26)4-2-5-17(22)27)30-32-23(14)25(13,12-15)20-7-3-6-18(28-20)24-29-21(8-9-34)31-33-24/h2-7,11,13,15,34H,8-10,12H2,1H3,(H,29,31,33)/t13?,15?,25-/m0/s1. The van der Waals surface area contributed by atoms with Crippen molar-refractivity contribution < 1.29 is 13.9 Å². The van der Waals surface area contributed by atoms with Crippen LogP contribution in [0.2, 0.25) is 0 Å². The Hall–Kier alpha value is -3.59. The summed E-state index contributed by atoms with van der Waals surface area (Å²) in [5, 5.41) is 25.0. The van der Waals surface area contributed by atoms with E-state index in [2.05, 4.69) is 32.3 Å². The molecule has 0 saturated heterocycles. The van der Waals surface area contributed by atoms with Crippen LogP contribution in [0, 0.1) is 23.5 Å². The summed E-state index contributed by atoms with van der Waals surface area (Å²) >= 11 is 0. The van der Waals surface area contributed by atoms with E-state index < -0.39 is 17.0 Å². The Balaban J connectivity index is 1.43. The molecule has 3 aliphatic rings. The molecule has 1 aromatic carbocycles. The molecule has 7 rings (SSSR count). The average molecular weight is 460 g/mol. The molecule has 3 atom stereocenters. The van der Waals surface area contributed by atoms with Gasteiger partial charge in [0.2, 0.25) is 0 Å². The molecule has 1 saturated carbocycles. The van der Waals surface area contributed by atoms with E-state index in [9.17, 15) is 8.78 Å². The van der Waals surface area contributed by atoms with E-state index in [1.807, 2.05) is 18.2 Å². The van der Waals surface area contributed by atoms with Gasteiger partial charge >= 0.3 is 0 Å². The molecule has 0 aliphatic heterocycles. The normalized spacial score (nSPS) is 22.8. The first-order valence-electron chi connectivity index (χ1n) is 11.3. The van der Waals surface area contributed by atoms with Crippen LogP contribution in [0.15, 0.2) is 42.5 Å². The predicted octanol–water partition coefficient (Wildman–Crippen LogP) is 3.63. The Bertz CT molecular complexity index is 1390. The van der Waals surface area contributed by atoms with Gasteiger partial charge in [0.05, 0.1) is 34.7 Å². The molecule has 0 radical (unpaired) electrons. The van der Waals surface area contributed by atoms with E-state index in [4.69, 9.17) is 10.1 Å². The average Bonchev–Trinajstić information content (AvgIpc) is 3.32. The fourth-order valence-electron chi connectivity index (χ4n) is 5.58. The largest absolute Gasteiger partial charge is 0.396 e. The highest BCUT2D eigenvalue weighted by Crippen LogP contribution is 2.61. The predicted molar refractivity (Wildman–Crippen MR) is 120 cm³/mol. The second-order valence-corrected chi connectivity index (χ2v) is 9.12. The molecule has 3 aromatic heterocycles. The lowest BCUT2D eigenvalue weighted by Gasteiger charge is -2.57. The minimum atomic E-state index is -0.653. The Labute approximate surface area is 194 Å². The van der Waals surface area contributed by atoms with Gasteiger partial charge in [-0.05, 0) is 60.6 Å². The zero-order chi connectivity index (χ0) is 23.4. The second-order valence-electron chi connectivity index (χ2n) is 9.12. The van der Waals surface area contributed by atoms with E-state index in [1.165, 1.54) is 18.2 Å². The lowest BCUT2D eigenvalue weighted by atomic mass is 9.46. The van der Waals surface area contributed by atoms with Gasteiger partial charge in [-0.25, -0.2) is 18.7 Å². The van der Waals surface area contributed by atoms with Gasteiger partial charge in [-0.15, -0.1) is 5.10 Å². The number of aromatic nitrogens is 6. The molecule has 34 heavy (non-hydrogen) atoms. The van der Waals surface area contributed by atoms with E-state index in [0.717, 1.165) is 29.8 Å². The number of pyridine rings is 1. The Morgan fingerprint density at radius 1 is 1.06 bits per heavy atom. The molecule has 3 heterocycles. The van der Waals surface area contributed by atoms with Crippen molar-refractivity contribution in [3.63, 3.8) is 0 Å². The van der Waals surface area contributed by atoms with Crippen LogP contribution in [-0.4, -0.2) is 42.1 Å². The van der Waals surface area contributed by atoms with Gasteiger partial charge in [-0.2, -0.15) is 10.2 Å². The number of aromatic amines is 1. The molecule has 0 amide bonds. The van der Waals surface area contributed by atoms with Gasteiger partial charge in [-0.3, -0.25) is 5.10 Å². The van der Waals surface area contributed by atoms with Gasteiger partial charge in [0.15, 0.2) is 5.82 Å². The van der Waals surface area contributed by atoms with E-state index in [-0.39, 0.29) is 17.9 Å². The van der Waals surface area contributed by atoms with Crippen molar-refractivity contribution in [2.75, 3.05) is 6.61 Å². The number of H-pyrrole nitrogens is 1. The van der Waals surface area contributed by atoms with Gasteiger partial charge in [0, 0.05) is 6.42 Å². The maximum absolute atomic E-state index is 14.4. The molecule has 2 N–H and O–H groups in total. The zero-order valence-electron chi connectivity index (χ0n) is 18.5. The van der Waals surface area contributed by atoms with Crippen molar-refractivity contribution in [1.29, 1.82) is 0 Å². The maximum atomic E-state index is 14.4. The van der Waals surface area contributed by atoms with E-state index in [0.29, 0.717) is 35.6 Å². The summed E-state index contributed by atoms with van der Waals surface area (Å²) in [5.74, 6) is 0.490. The monoisotopic (exact) mass is 460 g/mol. The Morgan fingerprint density at radius 2 is 1.85 bits per heavy atom. The molecule has 3 aliphatic carbocycles. The fraction of sp³-hybridized carbons (Fsp3) is 0.320. The van der Waals surface area contributed by atoms with Crippen LogP contribution < -0.4 is 0 Å². The minimum Gasteiger partial charge on any atom is -0.396 e. The van der Waals surface area contributed by atoms with E-state index >= 15 is 0 Å². The first-order valence-corrected chi connectivity index (χ1v) is 11.3. The number of hydrogen-bond acceptors (Lipinski definition) is 6. The van der Waals surface area contributed by atoms with Crippen LogP contribution in [0.5, 0.6) is 0 Å². The molecule has 2 unspecified atom stereocenters. The molecular weight excluding hydrogens is 438 g/mol. The van der Waals surface area contributed by atoms with Crippen LogP contribution in [0.3, 0.4) is 0 Å². The van der Waals surface area contributed by atoms with Gasteiger partial charge in [0.25, 0.3) is 0 Å². The summed E-state index contributed by atoms with van der Waals surface area (Å²) in [7, 11) is 0. The van der Waals surface area contributed by atoms with Crippen LogP contribution >= 0.6 is 0 Å². The highest BCUT2D eigenvalue weighted by atomic mass is 19.1. The third-order valence-corrected chi connectivity index (χ3v) is 7.38. The zero-order valence-corrected chi connectivity index (χ0v) is 18.5. The molecule has 7 nitrogen and oxygen atoms in total. The topological polar surface area (TPSA) is 100 Å². The summed E-state index contributed by atoms with van der Waals surface area (Å²) in [6, 6.07) is 11.3. The molecule has 4 aromatic rings. The summed E-state index contributed by atoms with van der Waals surface area (Å²) in [6.07, 6.45) is 2.08. The number of nitrogens with one attached hydrogen (secondary N) is 1. The first-order chi connectivity index (χ1) is 16.5. The number of benzene rings is 1. The number of nitrogens with zero attached hydrogens (tertiary/aromatic N) is 5. The lowest BCUT2D eigenvalue weighted by molar-refractivity contribution is 0.0510. The molecule has 1 fully saturated rings. The maximum Gasteiger partial charge on any atom is 0.199 e. The SMILES string of the molecule is CC1C2Cc3cc(-c4c(F)cccc4F)nnc3[C@@]1(c1cccc(-c3n[nH]c(CCO)n3)n1)C2. The van der Waals surface area contributed by atoms with Crippen LogP contribution in [0.1, 0.15) is 36.1 Å². The van der Waals surface area contributed by atoms with Crippen molar-refractivity contribution >= 4 is 0 Å². The fourth-order valence-corrected chi connectivity index (χ4v) is 5.58. The Kier molecular flexibility index (Phi) is 4.77. The number of halogens is 2. The number of aliphatic hydroxyl groups excluding tert-OH is 1. The molecule has 9 heteroatoms. The van der Waals surface area contributed by atoms with E-state index in [1.54, 1.807) is 6.07 Å². The van der Waals surface area contributed by atoms with Crippen molar-refractivity contribution in [3.05, 3.63) is 76.9 Å². The molecule has 172 valence electrons. The van der Waals surface area contributed by atoms with Crippen molar-refractivity contribution in [2.24, 2.45) is 11.8 Å². The smallest absolute Gasteiger partial charge is 0.199 e. The summed E-state index contributed by atoms with van der Waals surface area (Å²) in [4.78, 5) is 9.34. The summed E-state index contributed by atoms with van der Waals surface area (Å²) in [6.45, 7) is 2.18. The quantitative estimate of drug-likeness (QED) is 0.472. The number of hydrogen-bond donors (Lipinski definition) is 2. The van der Waals surface area contributed by atoms with Gasteiger partial charge in [0.1, 0.15) is 23.2 Å². The van der Waals surface area contributed by atoms with Crippen molar-refractivity contribution in [2.45, 2.75) is 31.6 Å². The number of aliphatic hydroxyl groups is 1.